The number of unbranched alkanes of at least 4 members (excludes halogenated alkanes) is 4. The zero-order valence-corrected chi connectivity index (χ0v) is 18.6. The summed E-state index contributed by atoms with van der Waals surface area (Å²) in [6.07, 6.45) is 6.08. The largest absolute Gasteiger partial charge is 0.394 e. The van der Waals surface area contributed by atoms with Crippen molar-refractivity contribution in [2.45, 2.75) is 110 Å². The Morgan fingerprint density at radius 2 is 1.04 bits per heavy atom. The number of aliphatic hydroxyl groups is 1. The SMILES string of the molecule is CCCCO[C@@H]1O[C@H](CO)[C@@H](OCCCC)[C@H](OCCCC)[C@H]1OCCCC. The molecule has 0 amide bonds. The molecule has 0 radical (unpaired) electrons. The van der Waals surface area contributed by atoms with Crippen molar-refractivity contribution in [2.24, 2.45) is 0 Å². The summed E-state index contributed by atoms with van der Waals surface area (Å²) in [5, 5.41) is 9.94. The van der Waals surface area contributed by atoms with E-state index in [1.807, 2.05) is 0 Å². The van der Waals surface area contributed by atoms with E-state index in [4.69, 9.17) is 23.7 Å². The molecule has 1 aliphatic rings. The molecule has 1 aliphatic heterocycles. The Bertz CT molecular complexity index is 354. The van der Waals surface area contributed by atoms with E-state index in [1.165, 1.54) is 0 Å². The van der Waals surface area contributed by atoms with Gasteiger partial charge in [0.1, 0.15) is 24.4 Å². The first-order chi connectivity index (χ1) is 13.7. The summed E-state index contributed by atoms with van der Waals surface area (Å²) < 4.78 is 30.7. The first-order valence-electron chi connectivity index (χ1n) is 11.5. The van der Waals surface area contributed by atoms with Gasteiger partial charge >= 0.3 is 0 Å². The Morgan fingerprint density at radius 3 is 1.50 bits per heavy atom. The molecule has 1 fully saturated rings. The van der Waals surface area contributed by atoms with E-state index in [-0.39, 0.29) is 24.9 Å². The predicted molar refractivity (Wildman–Crippen MR) is 111 cm³/mol. The molecule has 0 bridgehead atoms. The van der Waals surface area contributed by atoms with Gasteiger partial charge < -0.3 is 28.8 Å². The Balaban J connectivity index is 2.94. The molecular formula is C22H44O6. The molecule has 1 N–H and O–H groups in total. The summed E-state index contributed by atoms with van der Waals surface area (Å²) in [5.41, 5.74) is 0. The first kappa shape index (κ1) is 25.8. The molecule has 1 saturated heterocycles. The van der Waals surface area contributed by atoms with Crippen molar-refractivity contribution in [3.8, 4) is 0 Å². The lowest BCUT2D eigenvalue weighted by Gasteiger charge is -2.45. The quantitative estimate of drug-likeness (QED) is 0.369. The van der Waals surface area contributed by atoms with E-state index in [2.05, 4.69) is 27.7 Å². The second-order valence-electron chi connectivity index (χ2n) is 7.52. The lowest BCUT2D eigenvalue weighted by molar-refractivity contribution is -0.322. The second kappa shape index (κ2) is 16.5. The van der Waals surface area contributed by atoms with Crippen LogP contribution < -0.4 is 0 Å². The van der Waals surface area contributed by atoms with Crippen LogP contribution >= 0.6 is 0 Å². The van der Waals surface area contributed by atoms with Crippen LogP contribution in [0.15, 0.2) is 0 Å². The lowest BCUT2D eigenvalue weighted by Crippen LogP contribution is -2.62. The Kier molecular flexibility index (Phi) is 15.2. The van der Waals surface area contributed by atoms with Gasteiger partial charge in [-0.2, -0.15) is 0 Å². The van der Waals surface area contributed by atoms with Crippen molar-refractivity contribution in [3.63, 3.8) is 0 Å². The maximum Gasteiger partial charge on any atom is 0.186 e. The van der Waals surface area contributed by atoms with Crippen LogP contribution in [-0.4, -0.2) is 68.8 Å². The van der Waals surface area contributed by atoms with E-state index in [0.29, 0.717) is 26.4 Å². The second-order valence-corrected chi connectivity index (χ2v) is 7.52. The maximum atomic E-state index is 9.94. The third-order valence-corrected chi connectivity index (χ3v) is 4.98. The molecule has 0 saturated carbocycles. The average molecular weight is 405 g/mol. The van der Waals surface area contributed by atoms with Gasteiger partial charge in [0.05, 0.1) is 6.61 Å². The van der Waals surface area contributed by atoms with Gasteiger partial charge in [0.2, 0.25) is 0 Å². The molecule has 1 rings (SSSR count). The summed E-state index contributed by atoms with van der Waals surface area (Å²) >= 11 is 0. The minimum absolute atomic E-state index is 0.125. The van der Waals surface area contributed by atoms with Crippen molar-refractivity contribution >= 4 is 0 Å². The van der Waals surface area contributed by atoms with E-state index in [9.17, 15) is 5.11 Å². The van der Waals surface area contributed by atoms with E-state index < -0.39 is 12.4 Å². The van der Waals surface area contributed by atoms with E-state index in [0.717, 1.165) is 51.4 Å². The Labute approximate surface area is 172 Å². The number of hydrogen-bond donors (Lipinski definition) is 1. The van der Waals surface area contributed by atoms with Crippen molar-refractivity contribution in [1.82, 2.24) is 0 Å². The van der Waals surface area contributed by atoms with Crippen LogP contribution in [-0.2, 0) is 23.7 Å². The lowest BCUT2D eigenvalue weighted by atomic mass is 9.98. The fourth-order valence-corrected chi connectivity index (χ4v) is 3.16. The maximum absolute atomic E-state index is 9.94. The van der Waals surface area contributed by atoms with Gasteiger partial charge in [-0.3, -0.25) is 0 Å². The molecular weight excluding hydrogens is 360 g/mol. The number of hydrogen-bond acceptors (Lipinski definition) is 6. The minimum Gasteiger partial charge on any atom is -0.394 e. The highest BCUT2D eigenvalue weighted by molar-refractivity contribution is 4.93. The highest BCUT2D eigenvalue weighted by Gasteiger charge is 2.48. The molecule has 6 nitrogen and oxygen atoms in total. The number of ether oxygens (including phenoxy) is 5. The zero-order valence-electron chi connectivity index (χ0n) is 18.6. The standard InChI is InChI=1S/C22H44O6/c1-5-9-13-24-19-18(17-23)28-22(27-16-12-8-4)21(26-15-11-7-3)20(19)25-14-10-6-2/h18-23H,5-17H2,1-4H3/t18-,19-,20+,21-,22-/m1/s1. The Hall–Kier alpha value is -0.240. The van der Waals surface area contributed by atoms with Crippen LogP contribution in [0.3, 0.4) is 0 Å². The van der Waals surface area contributed by atoms with Gasteiger partial charge in [-0.15, -0.1) is 0 Å². The fraction of sp³-hybridized carbons (Fsp3) is 1.00. The molecule has 0 aromatic rings. The third kappa shape index (κ3) is 9.06. The molecule has 28 heavy (non-hydrogen) atoms. The summed E-state index contributed by atoms with van der Waals surface area (Å²) in [7, 11) is 0. The van der Waals surface area contributed by atoms with E-state index >= 15 is 0 Å². The minimum atomic E-state index is -0.543. The van der Waals surface area contributed by atoms with Crippen LogP contribution in [0.5, 0.6) is 0 Å². The summed E-state index contributed by atoms with van der Waals surface area (Å²) in [6, 6.07) is 0. The molecule has 0 spiro atoms. The van der Waals surface area contributed by atoms with E-state index in [1.54, 1.807) is 0 Å². The highest BCUT2D eigenvalue weighted by atomic mass is 16.7. The van der Waals surface area contributed by atoms with Crippen LogP contribution in [0.4, 0.5) is 0 Å². The van der Waals surface area contributed by atoms with Crippen molar-refractivity contribution < 1.29 is 28.8 Å². The molecule has 0 aliphatic carbocycles. The number of rotatable bonds is 17. The average Bonchev–Trinajstić information content (AvgIpc) is 2.70. The van der Waals surface area contributed by atoms with Gasteiger partial charge in [0.25, 0.3) is 0 Å². The van der Waals surface area contributed by atoms with Crippen molar-refractivity contribution in [2.75, 3.05) is 33.0 Å². The fourth-order valence-electron chi connectivity index (χ4n) is 3.16. The van der Waals surface area contributed by atoms with Gasteiger partial charge in [0, 0.05) is 26.4 Å². The molecule has 0 aromatic carbocycles. The normalized spacial score (nSPS) is 28.0. The molecule has 5 atom stereocenters. The van der Waals surface area contributed by atoms with Gasteiger partial charge in [0.15, 0.2) is 6.29 Å². The highest BCUT2D eigenvalue weighted by Crippen LogP contribution is 2.29. The summed E-state index contributed by atoms with van der Waals surface area (Å²) in [5.74, 6) is 0. The van der Waals surface area contributed by atoms with Crippen LogP contribution in [0, 0.1) is 0 Å². The summed E-state index contributed by atoms with van der Waals surface area (Å²) in [4.78, 5) is 0. The molecule has 168 valence electrons. The van der Waals surface area contributed by atoms with Crippen molar-refractivity contribution in [3.05, 3.63) is 0 Å². The van der Waals surface area contributed by atoms with Crippen LogP contribution in [0.2, 0.25) is 0 Å². The molecule has 6 heteroatoms. The topological polar surface area (TPSA) is 66.4 Å². The van der Waals surface area contributed by atoms with Crippen LogP contribution in [0.1, 0.15) is 79.1 Å². The van der Waals surface area contributed by atoms with Crippen LogP contribution in [0.25, 0.3) is 0 Å². The third-order valence-electron chi connectivity index (χ3n) is 4.98. The Morgan fingerprint density at radius 1 is 0.607 bits per heavy atom. The number of aliphatic hydroxyl groups excluding tert-OH is 1. The predicted octanol–water partition coefficient (Wildman–Crippen LogP) is 4.08. The van der Waals surface area contributed by atoms with Crippen molar-refractivity contribution in [1.29, 1.82) is 0 Å². The van der Waals surface area contributed by atoms with Gasteiger partial charge in [-0.1, -0.05) is 53.4 Å². The summed E-state index contributed by atoms with van der Waals surface area (Å²) in [6.45, 7) is 10.9. The van der Waals surface area contributed by atoms with Gasteiger partial charge in [-0.25, -0.2) is 0 Å². The molecule has 0 aromatic heterocycles. The molecule has 1 heterocycles. The smallest absolute Gasteiger partial charge is 0.186 e. The monoisotopic (exact) mass is 404 g/mol. The zero-order chi connectivity index (χ0) is 20.6. The first-order valence-corrected chi connectivity index (χ1v) is 11.5. The molecule has 0 unspecified atom stereocenters. The van der Waals surface area contributed by atoms with Gasteiger partial charge in [-0.05, 0) is 25.7 Å².